The van der Waals surface area contributed by atoms with Crippen LogP contribution in [-0.2, 0) is 19.6 Å². The monoisotopic (exact) mass is 464 g/mol. The summed E-state index contributed by atoms with van der Waals surface area (Å²) in [7, 11) is -3.71. The normalized spacial score (nSPS) is 14.6. The number of benzene rings is 2. The molecular formula is C22H25ClN2O5S. The molecule has 166 valence electrons. The molecule has 1 fully saturated rings. The summed E-state index contributed by atoms with van der Waals surface area (Å²) in [5.74, 6) is -1.25. The number of sulfonamides is 1. The maximum absolute atomic E-state index is 12.8. The first kappa shape index (κ1) is 23.2. The summed E-state index contributed by atoms with van der Waals surface area (Å²) >= 11 is 6.12. The standard InChI is InChI=1S/C22H25ClN2O5S/c1-16(2)25(17-8-4-3-5-9-17)21(26)15-30-22(27)19-14-18(10-11-20(19)23)31(28,29)24-12-6-7-13-24/h3-5,8-11,14,16H,6-7,12-13,15H2,1-2H3. The topological polar surface area (TPSA) is 84.0 Å². The van der Waals surface area contributed by atoms with Crippen LogP contribution in [0.4, 0.5) is 5.69 Å². The Labute approximate surface area is 187 Å². The third-order valence-electron chi connectivity index (χ3n) is 5.01. The van der Waals surface area contributed by atoms with Crippen LogP contribution >= 0.6 is 11.6 Å². The van der Waals surface area contributed by atoms with E-state index < -0.39 is 28.5 Å². The van der Waals surface area contributed by atoms with Crippen molar-refractivity contribution >= 4 is 39.2 Å². The number of nitrogens with zero attached hydrogens (tertiary/aromatic N) is 2. The number of hydrogen-bond acceptors (Lipinski definition) is 5. The Kier molecular flexibility index (Phi) is 7.35. The van der Waals surface area contributed by atoms with E-state index in [0.717, 1.165) is 12.8 Å². The lowest BCUT2D eigenvalue weighted by Gasteiger charge is -2.26. The van der Waals surface area contributed by atoms with Gasteiger partial charge in [-0.25, -0.2) is 13.2 Å². The number of halogens is 1. The minimum Gasteiger partial charge on any atom is -0.452 e. The lowest BCUT2D eigenvalue weighted by atomic mass is 10.2. The molecule has 1 aliphatic heterocycles. The van der Waals surface area contributed by atoms with Crippen molar-refractivity contribution in [3.05, 3.63) is 59.1 Å². The molecule has 1 saturated heterocycles. The average Bonchev–Trinajstić information content (AvgIpc) is 3.29. The molecule has 9 heteroatoms. The van der Waals surface area contributed by atoms with E-state index in [-0.39, 0.29) is 21.5 Å². The van der Waals surface area contributed by atoms with Gasteiger partial charge in [-0.1, -0.05) is 29.8 Å². The van der Waals surface area contributed by atoms with Crippen LogP contribution in [0.5, 0.6) is 0 Å². The van der Waals surface area contributed by atoms with Gasteiger partial charge < -0.3 is 9.64 Å². The molecule has 0 atom stereocenters. The molecule has 1 aliphatic rings. The van der Waals surface area contributed by atoms with Crippen molar-refractivity contribution in [2.45, 2.75) is 37.6 Å². The lowest BCUT2D eigenvalue weighted by molar-refractivity contribution is -0.122. The molecule has 1 amide bonds. The minimum atomic E-state index is -3.71. The first-order valence-electron chi connectivity index (χ1n) is 10.1. The van der Waals surface area contributed by atoms with Gasteiger partial charge in [-0.05, 0) is 57.0 Å². The molecule has 0 radical (unpaired) electrons. The summed E-state index contributed by atoms with van der Waals surface area (Å²) in [5, 5.41) is 0.0570. The highest BCUT2D eigenvalue weighted by molar-refractivity contribution is 7.89. The van der Waals surface area contributed by atoms with Crippen LogP contribution in [0.1, 0.15) is 37.0 Å². The highest BCUT2D eigenvalue weighted by Gasteiger charge is 2.29. The molecule has 3 rings (SSSR count). The van der Waals surface area contributed by atoms with E-state index in [1.54, 1.807) is 12.1 Å². The predicted octanol–water partition coefficient (Wildman–Crippen LogP) is 3.72. The van der Waals surface area contributed by atoms with Gasteiger partial charge in [0.15, 0.2) is 6.61 Å². The van der Waals surface area contributed by atoms with Crippen molar-refractivity contribution in [3.63, 3.8) is 0 Å². The fraction of sp³-hybridized carbons (Fsp3) is 0.364. The molecule has 2 aromatic rings. The predicted molar refractivity (Wildman–Crippen MR) is 119 cm³/mol. The molecule has 2 aromatic carbocycles. The lowest BCUT2D eigenvalue weighted by Crippen LogP contribution is -2.39. The second-order valence-corrected chi connectivity index (χ2v) is 9.87. The number of amides is 1. The van der Waals surface area contributed by atoms with Crippen LogP contribution in [0.3, 0.4) is 0 Å². The Morgan fingerprint density at radius 1 is 1.10 bits per heavy atom. The quantitative estimate of drug-likeness (QED) is 0.583. The summed E-state index contributed by atoms with van der Waals surface area (Å²) in [6.07, 6.45) is 1.61. The highest BCUT2D eigenvalue weighted by atomic mass is 35.5. The Morgan fingerprint density at radius 2 is 1.74 bits per heavy atom. The Balaban J connectivity index is 1.75. The summed E-state index contributed by atoms with van der Waals surface area (Å²) in [6.45, 7) is 4.12. The summed E-state index contributed by atoms with van der Waals surface area (Å²) in [5.41, 5.74) is 0.598. The number of carbonyl (C=O) groups is 2. The van der Waals surface area contributed by atoms with Crippen LogP contribution in [0.15, 0.2) is 53.4 Å². The van der Waals surface area contributed by atoms with Gasteiger partial charge in [-0.3, -0.25) is 4.79 Å². The first-order chi connectivity index (χ1) is 14.7. The molecule has 0 saturated carbocycles. The van der Waals surface area contributed by atoms with E-state index in [9.17, 15) is 18.0 Å². The van der Waals surface area contributed by atoms with Gasteiger partial charge in [-0.15, -0.1) is 0 Å². The van der Waals surface area contributed by atoms with Crippen molar-refractivity contribution in [1.82, 2.24) is 4.31 Å². The summed E-state index contributed by atoms with van der Waals surface area (Å²) in [4.78, 5) is 26.8. The molecule has 7 nitrogen and oxygen atoms in total. The molecular weight excluding hydrogens is 440 g/mol. The fourth-order valence-electron chi connectivity index (χ4n) is 3.49. The van der Waals surface area contributed by atoms with Crippen LogP contribution in [-0.4, -0.2) is 50.3 Å². The van der Waals surface area contributed by atoms with Gasteiger partial charge >= 0.3 is 5.97 Å². The Bertz CT molecular complexity index is 1050. The van der Waals surface area contributed by atoms with E-state index in [2.05, 4.69) is 0 Å². The molecule has 0 bridgehead atoms. The third kappa shape index (κ3) is 5.26. The average molecular weight is 465 g/mol. The third-order valence-corrected chi connectivity index (χ3v) is 7.23. The van der Waals surface area contributed by atoms with Crippen LogP contribution in [0.25, 0.3) is 0 Å². The summed E-state index contributed by atoms with van der Waals surface area (Å²) in [6, 6.07) is 12.9. The highest BCUT2D eigenvalue weighted by Crippen LogP contribution is 2.26. The summed E-state index contributed by atoms with van der Waals surface area (Å²) < 4.78 is 32.1. The van der Waals surface area contributed by atoms with Crippen LogP contribution in [0, 0.1) is 0 Å². The molecule has 0 unspecified atom stereocenters. The Hall–Kier alpha value is -2.42. The largest absolute Gasteiger partial charge is 0.452 e. The second-order valence-electron chi connectivity index (χ2n) is 7.52. The van der Waals surface area contributed by atoms with Gasteiger partial charge in [0.2, 0.25) is 10.0 Å². The fourth-order valence-corrected chi connectivity index (χ4v) is 5.23. The maximum atomic E-state index is 12.8. The van der Waals surface area contributed by atoms with E-state index in [4.69, 9.17) is 16.3 Å². The number of esters is 1. The van der Waals surface area contributed by atoms with Gasteiger partial charge in [0.25, 0.3) is 5.91 Å². The van der Waals surface area contributed by atoms with Crippen molar-refractivity contribution in [1.29, 1.82) is 0 Å². The molecule has 31 heavy (non-hydrogen) atoms. The van der Waals surface area contributed by atoms with E-state index in [1.807, 2.05) is 32.0 Å². The van der Waals surface area contributed by atoms with E-state index >= 15 is 0 Å². The van der Waals surface area contributed by atoms with Gasteiger partial charge in [0.05, 0.1) is 15.5 Å². The number of hydrogen-bond donors (Lipinski definition) is 0. The zero-order valence-electron chi connectivity index (χ0n) is 17.5. The SMILES string of the molecule is CC(C)N(C(=O)COC(=O)c1cc(S(=O)(=O)N2CCCC2)ccc1Cl)c1ccccc1. The van der Waals surface area contributed by atoms with Crippen molar-refractivity contribution in [2.24, 2.45) is 0 Å². The second kappa shape index (κ2) is 9.80. The van der Waals surface area contributed by atoms with Crippen LogP contribution < -0.4 is 4.90 Å². The van der Waals surface area contributed by atoms with Crippen molar-refractivity contribution in [2.75, 3.05) is 24.6 Å². The van der Waals surface area contributed by atoms with Crippen molar-refractivity contribution in [3.8, 4) is 0 Å². The number of carbonyl (C=O) groups excluding carboxylic acids is 2. The van der Waals surface area contributed by atoms with E-state index in [1.165, 1.54) is 27.4 Å². The maximum Gasteiger partial charge on any atom is 0.340 e. The van der Waals surface area contributed by atoms with E-state index in [0.29, 0.717) is 18.8 Å². The number of para-hydroxylation sites is 1. The zero-order valence-corrected chi connectivity index (χ0v) is 19.0. The van der Waals surface area contributed by atoms with Crippen LogP contribution in [0.2, 0.25) is 5.02 Å². The first-order valence-corrected chi connectivity index (χ1v) is 11.9. The molecule has 0 spiro atoms. The van der Waals surface area contributed by atoms with Gasteiger partial charge in [0, 0.05) is 24.8 Å². The molecule has 0 aromatic heterocycles. The molecule has 0 aliphatic carbocycles. The minimum absolute atomic E-state index is 0.0230. The van der Waals surface area contributed by atoms with Gasteiger partial charge in [-0.2, -0.15) is 4.31 Å². The number of anilines is 1. The smallest absolute Gasteiger partial charge is 0.340 e. The number of rotatable bonds is 7. The van der Waals surface area contributed by atoms with Crippen molar-refractivity contribution < 1.29 is 22.7 Å². The number of ether oxygens (including phenoxy) is 1. The Morgan fingerprint density at radius 3 is 2.35 bits per heavy atom. The molecule has 1 heterocycles. The van der Waals surface area contributed by atoms with Gasteiger partial charge in [0.1, 0.15) is 0 Å². The molecule has 0 N–H and O–H groups in total. The zero-order chi connectivity index (χ0) is 22.6.